The van der Waals surface area contributed by atoms with Gasteiger partial charge in [0.25, 0.3) is 0 Å². The Balaban J connectivity index is 4.03. The smallest absolute Gasteiger partial charge is 0.306 e. The lowest BCUT2D eigenvalue weighted by molar-refractivity contribution is -0.870. The first kappa shape index (κ1) is 80.4. The summed E-state index contributed by atoms with van der Waals surface area (Å²) >= 11 is 0. The topological polar surface area (TPSA) is 111 Å². The molecule has 0 rings (SSSR count). The van der Waals surface area contributed by atoms with Gasteiger partial charge in [0.15, 0.2) is 12.4 Å². The Labute approximate surface area is 522 Å². The molecule has 0 aliphatic rings. The van der Waals surface area contributed by atoms with Crippen molar-refractivity contribution in [2.75, 3.05) is 47.5 Å². The van der Waals surface area contributed by atoms with Crippen LogP contribution in [0.4, 0.5) is 0 Å². The van der Waals surface area contributed by atoms with Crippen molar-refractivity contribution in [3.05, 3.63) is 134 Å². The summed E-state index contributed by atoms with van der Waals surface area (Å²) in [5, 5.41) is 11.8. The molecule has 2 unspecified atom stereocenters. The van der Waals surface area contributed by atoms with E-state index >= 15 is 0 Å². The third-order valence-electron chi connectivity index (χ3n) is 14.4. The van der Waals surface area contributed by atoms with E-state index in [0.717, 1.165) is 89.9 Å². The van der Waals surface area contributed by atoms with E-state index in [1.165, 1.54) is 148 Å². The Morgan fingerprint density at radius 1 is 0.353 bits per heavy atom. The minimum atomic E-state index is -1.65. The summed E-state index contributed by atoms with van der Waals surface area (Å²) in [6.45, 7) is 4.44. The number of hydrogen-bond acceptors (Lipinski definition) is 8. The third kappa shape index (κ3) is 66.8. The second-order valence-electron chi connectivity index (χ2n) is 23.7. The zero-order chi connectivity index (χ0) is 61.9. The second kappa shape index (κ2) is 65.4. The molecular weight excluding hydrogens is 1050 g/mol. The average Bonchev–Trinajstić information content (AvgIpc) is 3.48. The summed E-state index contributed by atoms with van der Waals surface area (Å²) in [4.78, 5) is 37.3. The fraction of sp³-hybridized carbons (Fsp3) is 0.671. The Hall–Kier alpha value is -4.57. The quantitative estimate of drug-likeness (QED) is 0.0195. The zero-order valence-electron chi connectivity index (χ0n) is 55.2. The number of allylic oxidation sites excluding steroid dienone is 22. The molecular formula is C76H127NO8. The van der Waals surface area contributed by atoms with Gasteiger partial charge >= 0.3 is 11.9 Å². The van der Waals surface area contributed by atoms with Gasteiger partial charge in [-0.05, 0) is 96.3 Å². The third-order valence-corrected chi connectivity index (χ3v) is 14.4. The van der Waals surface area contributed by atoms with E-state index in [0.29, 0.717) is 17.4 Å². The van der Waals surface area contributed by atoms with Crippen molar-refractivity contribution >= 4 is 17.9 Å². The summed E-state index contributed by atoms with van der Waals surface area (Å²) in [6.07, 6.45) is 91.5. The van der Waals surface area contributed by atoms with Gasteiger partial charge in [-0.1, -0.05) is 295 Å². The number of quaternary nitrogens is 1. The van der Waals surface area contributed by atoms with Crippen LogP contribution in [-0.2, 0) is 33.3 Å². The van der Waals surface area contributed by atoms with Crippen LogP contribution in [0.1, 0.15) is 271 Å². The zero-order valence-corrected chi connectivity index (χ0v) is 55.2. The number of carbonyl (C=O) groups excluding carboxylic acids is 3. The van der Waals surface area contributed by atoms with E-state index in [-0.39, 0.29) is 38.6 Å². The summed E-state index contributed by atoms with van der Waals surface area (Å²) in [7, 11) is 5.90. The molecule has 2 atom stereocenters. The first-order valence-electron chi connectivity index (χ1n) is 34.3. The van der Waals surface area contributed by atoms with Crippen molar-refractivity contribution < 1.29 is 42.9 Å². The van der Waals surface area contributed by atoms with Gasteiger partial charge in [-0.3, -0.25) is 9.59 Å². The predicted molar refractivity (Wildman–Crippen MR) is 361 cm³/mol. The normalized spacial score (nSPS) is 13.6. The molecule has 0 heterocycles. The number of carboxylic acid groups (broad SMARTS) is 1. The molecule has 0 spiro atoms. The molecule has 0 aliphatic carbocycles. The molecule has 9 nitrogen and oxygen atoms in total. The first-order valence-corrected chi connectivity index (χ1v) is 34.3. The van der Waals surface area contributed by atoms with Gasteiger partial charge in [0, 0.05) is 12.8 Å². The number of ether oxygens (including phenoxy) is 4. The number of hydrogen-bond donors (Lipinski definition) is 0. The number of rotatable bonds is 62. The molecule has 0 amide bonds. The van der Waals surface area contributed by atoms with Crippen LogP contribution in [0, 0.1) is 0 Å². The summed E-state index contributed by atoms with van der Waals surface area (Å²) in [6, 6.07) is 0. The molecule has 0 radical (unpaired) electrons. The Bertz CT molecular complexity index is 1860. The molecule has 0 aliphatic heterocycles. The van der Waals surface area contributed by atoms with Crippen molar-refractivity contribution in [2.45, 2.75) is 283 Å². The number of carbonyl (C=O) groups is 3. The maximum Gasteiger partial charge on any atom is 0.306 e. The van der Waals surface area contributed by atoms with Crippen molar-refractivity contribution in [1.82, 2.24) is 0 Å². The van der Waals surface area contributed by atoms with Gasteiger partial charge < -0.3 is 33.3 Å². The van der Waals surface area contributed by atoms with E-state index < -0.39 is 24.3 Å². The lowest BCUT2D eigenvalue weighted by Gasteiger charge is -2.26. The maximum atomic E-state index is 12.8. The van der Waals surface area contributed by atoms with Crippen molar-refractivity contribution in [2.24, 2.45) is 0 Å². The largest absolute Gasteiger partial charge is 0.545 e. The molecule has 484 valence electrons. The molecule has 9 heteroatoms. The van der Waals surface area contributed by atoms with Crippen LogP contribution in [0.3, 0.4) is 0 Å². The van der Waals surface area contributed by atoms with Gasteiger partial charge in [-0.15, -0.1) is 0 Å². The molecule has 0 aromatic rings. The van der Waals surface area contributed by atoms with Crippen LogP contribution in [0.15, 0.2) is 134 Å². The molecule has 0 aromatic carbocycles. The van der Waals surface area contributed by atoms with Gasteiger partial charge in [-0.25, -0.2) is 0 Å². The van der Waals surface area contributed by atoms with Crippen LogP contribution >= 0.6 is 0 Å². The van der Waals surface area contributed by atoms with Crippen LogP contribution in [0.5, 0.6) is 0 Å². The Kier molecular flexibility index (Phi) is 61.9. The van der Waals surface area contributed by atoms with Crippen LogP contribution < -0.4 is 5.11 Å². The van der Waals surface area contributed by atoms with Crippen molar-refractivity contribution in [3.63, 3.8) is 0 Å². The molecule has 0 N–H and O–H groups in total. The number of likely N-dealkylation sites (N-methyl/N-ethyl adjacent to an activating group) is 1. The number of esters is 2. The number of carboxylic acids is 1. The van der Waals surface area contributed by atoms with Gasteiger partial charge in [0.2, 0.25) is 0 Å². The van der Waals surface area contributed by atoms with Crippen LogP contribution in [-0.4, -0.2) is 82.3 Å². The number of unbranched alkanes of at least 4 members (excludes halogenated alkanes) is 25. The molecule has 0 bridgehead atoms. The van der Waals surface area contributed by atoms with Crippen LogP contribution in [0.2, 0.25) is 0 Å². The standard InChI is InChI=1S/C76H127NO8/c1-6-8-10-12-14-16-18-20-22-24-26-27-28-29-30-31-32-33-34-35-36-37-38-39-40-41-42-43-44-45-46-47-49-50-52-54-56-58-60-62-64-66-73(78)83-70-72(71-84-76(75(80)81)82-69-68-77(3,4)5)85-74(79)67-65-63-61-59-57-55-53-51-48-25-23-21-19-17-15-13-11-9-7-2/h8-11,14-17,20-23,26-27,29-30,48,51,55,57,61,63,72,76H,6-7,12-13,18-19,24-25,28,31-47,49-50,52-54,56,58-60,62,64-71H2,1-5H3/b10-8-,11-9-,16-14-,17-15-,22-20-,23-21-,27-26-,30-29-,51-48-,57-55-,63-61-. The highest BCUT2D eigenvalue weighted by Crippen LogP contribution is 2.17. The minimum Gasteiger partial charge on any atom is -0.545 e. The fourth-order valence-corrected chi connectivity index (χ4v) is 9.24. The average molecular weight is 1180 g/mol. The fourth-order valence-electron chi connectivity index (χ4n) is 9.24. The lowest BCUT2D eigenvalue weighted by atomic mass is 10.0. The molecule has 0 saturated carbocycles. The van der Waals surface area contributed by atoms with E-state index in [1.807, 2.05) is 33.3 Å². The highest BCUT2D eigenvalue weighted by molar-refractivity contribution is 5.70. The second-order valence-corrected chi connectivity index (χ2v) is 23.7. The molecule has 0 saturated heterocycles. The van der Waals surface area contributed by atoms with E-state index in [2.05, 4.69) is 135 Å². The van der Waals surface area contributed by atoms with E-state index in [9.17, 15) is 19.5 Å². The van der Waals surface area contributed by atoms with Crippen LogP contribution in [0.25, 0.3) is 0 Å². The maximum absolute atomic E-state index is 12.8. The number of nitrogens with zero attached hydrogens (tertiary/aromatic N) is 1. The minimum absolute atomic E-state index is 0.118. The van der Waals surface area contributed by atoms with E-state index in [4.69, 9.17) is 18.9 Å². The van der Waals surface area contributed by atoms with Crippen molar-refractivity contribution in [1.29, 1.82) is 0 Å². The Morgan fingerprint density at radius 2 is 0.659 bits per heavy atom. The predicted octanol–water partition coefficient (Wildman–Crippen LogP) is 20.0. The summed E-state index contributed by atoms with van der Waals surface area (Å²) in [5.41, 5.74) is 0. The first-order chi connectivity index (χ1) is 41.6. The highest BCUT2D eigenvalue weighted by atomic mass is 16.7. The summed E-state index contributed by atoms with van der Waals surface area (Å²) < 4.78 is 22.6. The van der Waals surface area contributed by atoms with Crippen molar-refractivity contribution in [3.8, 4) is 0 Å². The van der Waals surface area contributed by atoms with Gasteiger partial charge in [0.1, 0.15) is 13.2 Å². The monoisotopic (exact) mass is 1180 g/mol. The SMILES string of the molecule is CC/C=C\C/C=C\C/C=C\C/C=C\C/C=C\C/C=C\CCC(=O)OC(COC(=O)CCCCCCCCCCCCCCCCCCCCCCCCCCC/C=C\C/C=C\C/C=C\C/C=C\C/C=C\CC)COC(OCC[N+](C)(C)C)C(=O)[O-]. The molecule has 85 heavy (non-hydrogen) atoms. The van der Waals surface area contributed by atoms with Gasteiger partial charge in [0.05, 0.1) is 40.3 Å². The highest BCUT2D eigenvalue weighted by Gasteiger charge is 2.22. The number of aliphatic carboxylic acids is 1. The van der Waals surface area contributed by atoms with E-state index in [1.54, 1.807) is 0 Å². The molecule has 0 aromatic heterocycles. The molecule has 0 fully saturated rings. The van der Waals surface area contributed by atoms with Gasteiger partial charge in [-0.2, -0.15) is 0 Å². The Morgan fingerprint density at radius 3 is 0.988 bits per heavy atom. The lowest BCUT2D eigenvalue weighted by Crippen LogP contribution is -2.44. The summed E-state index contributed by atoms with van der Waals surface area (Å²) in [5.74, 6) is -2.40.